The van der Waals surface area contributed by atoms with Crippen molar-refractivity contribution < 1.29 is 30.0 Å². The molecule has 6 aromatic rings. The first-order valence-corrected chi connectivity index (χ1v) is 20.7. The van der Waals surface area contributed by atoms with Crippen molar-refractivity contribution in [3.05, 3.63) is 95.4 Å². The molecule has 3 heterocycles. The molecule has 0 unspecified atom stereocenters. The second-order valence-electron chi connectivity index (χ2n) is 17.7. The van der Waals surface area contributed by atoms with Crippen molar-refractivity contribution in [2.45, 2.75) is 94.7 Å². The molecular weight excluding hydrogens is 821 g/mol. The van der Waals surface area contributed by atoms with E-state index in [0.717, 1.165) is 22.2 Å². The molecule has 0 amide bonds. The topological polar surface area (TPSA) is 63.1 Å². The second kappa shape index (κ2) is 13.1. The fraction of sp³-hybridized carbons (Fsp3) is 0.356. The Kier molecular flexibility index (Phi) is 9.86. The Labute approximate surface area is 318 Å². The number of carbonyl (C=O) groups excluding carboxylic acids is 1. The van der Waals surface area contributed by atoms with Crippen LogP contribution in [0.2, 0.25) is 13.1 Å². The van der Waals surface area contributed by atoms with E-state index >= 15 is 0 Å². The standard InChI is InChI=1S/C34H31N2Si.C11H20O2.Ir/c1-19-8-9-22-16-28-32-30-25(14-15-35-32)24-13-11-21-10-12-23(34(3,4)5)17-26(21)27(24)18-29(30)37(6,7)33(28)36-31(22)20(19)2;1-10(2,3)8(12)7-9(13)11(4,5)6;/h8-15,17-18H,1-7H3;7,12H,1-6H3;/q-1;;/b;8-7-;. The van der Waals surface area contributed by atoms with Crippen molar-refractivity contribution in [1.29, 1.82) is 0 Å². The molecule has 0 spiro atoms. The molecule has 267 valence electrons. The summed E-state index contributed by atoms with van der Waals surface area (Å²) in [6.45, 7) is 27.2. The number of nitrogens with zero attached hydrogens (tertiary/aromatic N) is 2. The SMILES string of the molecule is CC(C)(C)C(=O)/C=C(\O)C(C)(C)C.Cc1ccc2[c-]c3c(nc2c1C)[Si](C)(C)c1cc2c4cc(C(C)(C)C)ccc4ccc2c2ccnc-3c12.[Ir]. The Balaban J connectivity index is 0.000000310. The van der Waals surface area contributed by atoms with E-state index < -0.39 is 13.5 Å². The number of hydrogen-bond acceptors (Lipinski definition) is 4. The van der Waals surface area contributed by atoms with E-state index in [-0.39, 0.29) is 42.5 Å². The summed E-state index contributed by atoms with van der Waals surface area (Å²) >= 11 is 0. The predicted octanol–water partition coefficient (Wildman–Crippen LogP) is 10.7. The number of carbonyl (C=O) groups is 1. The summed E-state index contributed by atoms with van der Waals surface area (Å²) < 4.78 is 0. The molecule has 1 aliphatic heterocycles. The molecule has 0 fully saturated rings. The van der Waals surface area contributed by atoms with Crippen LogP contribution < -0.4 is 10.5 Å². The van der Waals surface area contributed by atoms with Gasteiger partial charge in [-0.3, -0.25) is 9.78 Å². The summed E-state index contributed by atoms with van der Waals surface area (Å²) in [5.74, 6) is 0.104. The Morgan fingerprint density at radius 1 is 0.804 bits per heavy atom. The fourth-order valence-electron chi connectivity index (χ4n) is 6.77. The zero-order valence-electron chi connectivity index (χ0n) is 32.4. The van der Waals surface area contributed by atoms with Crippen LogP contribution in [0.4, 0.5) is 0 Å². The largest absolute Gasteiger partial charge is 0.512 e. The average molecular weight is 872 g/mol. The number of pyridine rings is 2. The van der Waals surface area contributed by atoms with Gasteiger partial charge in [0.1, 0.15) is 5.76 Å². The molecule has 6 heteroatoms. The van der Waals surface area contributed by atoms with Crippen molar-refractivity contribution in [1.82, 2.24) is 9.97 Å². The van der Waals surface area contributed by atoms with E-state index in [9.17, 15) is 9.90 Å². The van der Waals surface area contributed by atoms with Gasteiger partial charge in [-0.25, -0.2) is 0 Å². The minimum atomic E-state index is -2.16. The predicted molar refractivity (Wildman–Crippen MR) is 216 cm³/mol. The van der Waals surface area contributed by atoms with E-state index in [0.29, 0.717) is 0 Å². The number of allylic oxidation sites excluding steroid dienone is 2. The van der Waals surface area contributed by atoms with Crippen LogP contribution in [0.25, 0.3) is 54.5 Å². The Morgan fingerprint density at radius 2 is 1.47 bits per heavy atom. The molecule has 0 atom stereocenters. The van der Waals surface area contributed by atoms with E-state index in [1.807, 2.05) is 47.7 Å². The van der Waals surface area contributed by atoms with Crippen LogP contribution in [0.3, 0.4) is 0 Å². The number of hydrogen-bond donors (Lipinski definition) is 1. The van der Waals surface area contributed by atoms with Crippen LogP contribution >= 0.6 is 0 Å². The monoisotopic (exact) mass is 872 g/mol. The van der Waals surface area contributed by atoms with Gasteiger partial charge in [0.25, 0.3) is 0 Å². The van der Waals surface area contributed by atoms with Crippen LogP contribution in [-0.4, -0.2) is 28.9 Å². The first-order chi connectivity index (χ1) is 23.1. The molecule has 1 aliphatic rings. The van der Waals surface area contributed by atoms with Crippen LogP contribution in [0, 0.1) is 30.7 Å². The molecule has 0 saturated carbocycles. The Hall–Kier alpha value is -3.70. The van der Waals surface area contributed by atoms with Crippen molar-refractivity contribution in [3.8, 4) is 11.3 Å². The smallest absolute Gasteiger partial charge is 0.164 e. The van der Waals surface area contributed by atoms with Crippen LogP contribution in [0.1, 0.15) is 79.0 Å². The van der Waals surface area contributed by atoms with Crippen LogP contribution in [0.5, 0.6) is 0 Å². The third kappa shape index (κ3) is 6.83. The zero-order valence-corrected chi connectivity index (χ0v) is 35.8. The molecule has 0 aliphatic carbocycles. The van der Waals surface area contributed by atoms with Gasteiger partial charge in [0.05, 0.1) is 8.07 Å². The zero-order chi connectivity index (χ0) is 36.7. The molecule has 4 nitrogen and oxygen atoms in total. The van der Waals surface area contributed by atoms with Crippen molar-refractivity contribution in [2.24, 2.45) is 10.8 Å². The number of aromatic nitrogens is 2. The van der Waals surface area contributed by atoms with E-state index in [1.54, 1.807) is 0 Å². The van der Waals surface area contributed by atoms with Crippen molar-refractivity contribution >= 4 is 67.6 Å². The number of fused-ring (bicyclic) bond motifs is 7. The number of rotatable bonds is 1. The number of aliphatic hydroxyl groups is 1. The summed E-state index contributed by atoms with van der Waals surface area (Å²) in [6.07, 6.45) is 3.30. The maximum atomic E-state index is 11.5. The van der Waals surface area contributed by atoms with Gasteiger partial charge in [0, 0.05) is 48.9 Å². The first-order valence-electron chi connectivity index (χ1n) is 17.7. The van der Waals surface area contributed by atoms with Gasteiger partial charge in [-0.2, -0.15) is 0 Å². The fourth-order valence-corrected chi connectivity index (χ4v) is 9.61. The van der Waals surface area contributed by atoms with Crippen LogP contribution in [-0.2, 0) is 30.3 Å². The summed E-state index contributed by atoms with van der Waals surface area (Å²) in [4.78, 5) is 21.8. The molecule has 4 aromatic carbocycles. The van der Waals surface area contributed by atoms with Gasteiger partial charge in [-0.05, 0) is 74.0 Å². The average Bonchev–Trinajstić information content (AvgIpc) is 3.03. The molecular formula is C45H51IrN2O2Si-. The first kappa shape index (κ1) is 38.5. The molecule has 51 heavy (non-hydrogen) atoms. The van der Waals surface area contributed by atoms with Crippen LogP contribution in [0.15, 0.2) is 72.6 Å². The number of ketones is 1. The summed E-state index contributed by atoms with van der Waals surface area (Å²) in [5.41, 5.74) is 6.44. The van der Waals surface area contributed by atoms with E-state index in [2.05, 4.69) is 108 Å². The number of aryl methyl sites for hydroxylation is 2. The van der Waals surface area contributed by atoms with Gasteiger partial charge >= 0.3 is 0 Å². The van der Waals surface area contributed by atoms with Crippen molar-refractivity contribution in [2.75, 3.05) is 0 Å². The minimum Gasteiger partial charge on any atom is -0.512 e. The van der Waals surface area contributed by atoms with Gasteiger partial charge in [-0.1, -0.05) is 145 Å². The maximum absolute atomic E-state index is 11.5. The van der Waals surface area contributed by atoms with Gasteiger partial charge in [0.15, 0.2) is 5.78 Å². The Bertz CT molecular complexity index is 2400. The Morgan fingerprint density at radius 3 is 2.10 bits per heavy atom. The second-order valence-corrected chi connectivity index (χ2v) is 22.0. The quantitative estimate of drug-likeness (QED) is 0.0588. The summed E-state index contributed by atoms with van der Waals surface area (Å²) in [5, 5.41) is 21.1. The third-order valence-electron chi connectivity index (χ3n) is 10.4. The van der Waals surface area contributed by atoms with E-state index in [4.69, 9.17) is 9.97 Å². The van der Waals surface area contributed by atoms with Gasteiger partial charge in [0.2, 0.25) is 0 Å². The molecule has 2 aromatic heterocycles. The molecule has 1 radical (unpaired) electrons. The number of aliphatic hydroxyl groups excluding tert-OH is 1. The van der Waals surface area contributed by atoms with Gasteiger partial charge < -0.3 is 10.1 Å². The molecule has 7 rings (SSSR count). The normalized spacial score (nSPS) is 14.3. The maximum Gasteiger partial charge on any atom is 0.164 e. The summed E-state index contributed by atoms with van der Waals surface area (Å²) in [7, 11) is -2.16. The minimum absolute atomic E-state index is 0. The summed E-state index contributed by atoms with van der Waals surface area (Å²) in [6, 6.07) is 24.4. The molecule has 0 saturated heterocycles. The molecule has 1 N–H and O–H groups in total. The van der Waals surface area contributed by atoms with E-state index in [1.165, 1.54) is 65.6 Å². The number of benzene rings is 4. The van der Waals surface area contributed by atoms with Crippen molar-refractivity contribution in [3.63, 3.8) is 0 Å². The molecule has 0 bridgehead atoms. The third-order valence-corrected chi connectivity index (χ3v) is 13.7. The van der Waals surface area contributed by atoms with Gasteiger partial charge in [-0.15, -0.1) is 12.1 Å².